The van der Waals surface area contributed by atoms with E-state index < -0.39 is 36.3 Å². The monoisotopic (exact) mass is 425 g/mol. The van der Waals surface area contributed by atoms with E-state index in [1.807, 2.05) is 0 Å². The number of carboxylic acids is 1. The maximum absolute atomic E-state index is 12.5. The third-order valence-corrected chi connectivity index (χ3v) is 3.90. The molecule has 30 heavy (non-hydrogen) atoms. The van der Waals surface area contributed by atoms with Crippen LogP contribution in [0.5, 0.6) is 5.75 Å². The number of nitrogens with one attached hydrogen (secondary N) is 1. The Kier molecular flexibility index (Phi) is 7.82. The molecule has 2 aromatic rings. The number of halogens is 3. The van der Waals surface area contributed by atoms with Gasteiger partial charge in [-0.15, -0.1) is 0 Å². The fourth-order valence-electron chi connectivity index (χ4n) is 2.60. The van der Waals surface area contributed by atoms with E-state index in [0.29, 0.717) is 11.3 Å². The molecule has 2 N–H and O–H groups in total. The Morgan fingerprint density at radius 1 is 1.10 bits per heavy atom. The number of carbonyl (C=O) groups is 2. The molecule has 0 aliphatic rings. The molecular weight excluding hydrogens is 403 g/mol. The maximum atomic E-state index is 12.5. The zero-order valence-electron chi connectivity index (χ0n) is 16.4. The molecule has 2 rings (SSSR count). The first kappa shape index (κ1) is 23.2. The van der Waals surface area contributed by atoms with E-state index in [1.165, 1.54) is 0 Å². The molecule has 6 nitrogen and oxygen atoms in total. The number of carboxylic acid groups (broad SMARTS) is 1. The lowest BCUT2D eigenvalue weighted by atomic mass is 10.1. The van der Waals surface area contributed by atoms with Crippen molar-refractivity contribution in [2.24, 2.45) is 0 Å². The van der Waals surface area contributed by atoms with Gasteiger partial charge in [0, 0.05) is 12.1 Å². The number of amides is 1. The molecule has 0 saturated carbocycles. The second kappa shape index (κ2) is 10.1. The van der Waals surface area contributed by atoms with Gasteiger partial charge in [-0.3, -0.25) is 4.79 Å². The van der Waals surface area contributed by atoms with Crippen molar-refractivity contribution in [3.63, 3.8) is 0 Å². The van der Waals surface area contributed by atoms with E-state index in [4.69, 9.17) is 9.47 Å². The van der Waals surface area contributed by atoms with Gasteiger partial charge in [-0.1, -0.05) is 12.1 Å². The Morgan fingerprint density at radius 2 is 1.77 bits per heavy atom. The van der Waals surface area contributed by atoms with Crippen molar-refractivity contribution >= 4 is 17.6 Å². The molecule has 2 aromatic carbocycles. The van der Waals surface area contributed by atoms with Gasteiger partial charge in [-0.2, -0.15) is 13.2 Å². The van der Waals surface area contributed by atoms with Crippen LogP contribution in [0.2, 0.25) is 0 Å². The molecule has 0 aliphatic heterocycles. The fraction of sp³-hybridized carbons (Fsp3) is 0.333. The number of anilines is 1. The van der Waals surface area contributed by atoms with E-state index in [0.717, 1.165) is 24.3 Å². The lowest BCUT2D eigenvalue weighted by Crippen LogP contribution is -2.29. The molecule has 0 aliphatic carbocycles. The van der Waals surface area contributed by atoms with Crippen LogP contribution >= 0.6 is 0 Å². The van der Waals surface area contributed by atoms with Crippen molar-refractivity contribution in [3.8, 4) is 5.75 Å². The highest BCUT2D eigenvalue weighted by molar-refractivity contribution is 5.92. The van der Waals surface area contributed by atoms with Crippen LogP contribution in [0, 0.1) is 0 Å². The topological polar surface area (TPSA) is 84.9 Å². The molecule has 9 heteroatoms. The van der Waals surface area contributed by atoms with Gasteiger partial charge in [0.25, 0.3) is 5.91 Å². The minimum Gasteiger partial charge on any atom is -0.484 e. The van der Waals surface area contributed by atoms with Crippen molar-refractivity contribution in [3.05, 3.63) is 59.7 Å². The number of aliphatic carboxylic acids is 1. The van der Waals surface area contributed by atoms with Crippen LogP contribution in [0.1, 0.15) is 25.0 Å². The van der Waals surface area contributed by atoms with Crippen molar-refractivity contribution in [1.82, 2.24) is 0 Å². The Balaban J connectivity index is 1.92. The summed E-state index contributed by atoms with van der Waals surface area (Å²) in [6, 6.07) is 10.6. The molecule has 0 heterocycles. The molecule has 1 unspecified atom stereocenters. The Hall–Kier alpha value is -3.07. The van der Waals surface area contributed by atoms with Crippen LogP contribution in [0.25, 0.3) is 0 Å². The summed E-state index contributed by atoms with van der Waals surface area (Å²) in [5, 5.41) is 11.9. The molecule has 0 saturated heterocycles. The number of alkyl halides is 3. The number of carbonyl (C=O) groups excluding carboxylic acids is 1. The van der Waals surface area contributed by atoms with Crippen LogP contribution < -0.4 is 10.1 Å². The molecule has 0 aromatic heterocycles. The van der Waals surface area contributed by atoms with Crippen molar-refractivity contribution in [1.29, 1.82) is 0 Å². The molecule has 0 fully saturated rings. The van der Waals surface area contributed by atoms with E-state index in [-0.39, 0.29) is 18.3 Å². The van der Waals surface area contributed by atoms with E-state index in [9.17, 15) is 27.9 Å². The van der Waals surface area contributed by atoms with Gasteiger partial charge >= 0.3 is 12.1 Å². The summed E-state index contributed by atoms with van der Waals surface area (Å²) in [5.41, 5.74) is 0.281. The van der Waals surface area contributed by atoms with Crippen LogP contribution in [0.3, 0.4) is 0 Å². The van der Waals surface area contributed by atoms with Gasteiger partial charge < -0.3 is 19.9 Å². The third-order valence-electron chi connectivity index (χ3n) is 3.90. The normalized spacial score (nSPS) is 12.5. The quantitative estimate of drug-likeness (QED) is 0.631. The minimum absolute atomic E-state index is 0.124. The fourth-order valence-corrected chi connectivity index (χ4v) is 2.60. The first-order valence-electron chi connectivity index (χ1n) is 9.11. The Bertz CT molecular complexity index is 866. The van der Waals surface area contributed by atoms with Crippen LogP contribution in [-0.4, -0.2) is 35.8 Å². The first-order chi connectivity index (χ1) is 14.0. The summed E-state index contributed by atoms with van der Waals surface area (Å²) in [4.78, 5) is 23.4. The second-order valence-electron chi connectivity index (χ2n) is 6.78. The van der Waals surface area contributed by atoms with E-state index >= 15 is 0 Å². The average Bonchev–Trinajstić information content (AvgIpc) is 2.65. The van der Waals surface area contributed by atoms with Crippen LogP contribution in [0.4, 0.5) is 18.9 Å². The Labute approximate surface area is 171 Å². The SMILES string of the molecule is CC(C)OC(Cc1cccc(NC(=O)COc2ccc(C(F)(F)F)cc2)c1)C(=O)O. The van der Waals surface area contributed by atoms with Crippen molar-refractivity contribution in [2.75, 3.05) is 11.9 Å². The number of benzene rings is 2. The minimum atomic E-state index is -4.44. The molecule has 162 valence electrons. The molecule has 0 spiro atoms. The zero-order valence-corrected chi connectivity index (χ0v) is 16.4. The molecular formula is C21H22F3NO5. The summed E-state index contributed by atoms with van der Waals surface area (Å²) in [6.07, 6.45) is -5.59. The smallest absolute Gasteiger partial charge is 0.416 e. The average molecular weight is 425 g/mol. The number of hydrogen-bond acceptors (Lipinski definition) is 4. The lowest BCUT2D eigenvalue weighted by Gasteiger charge is -2.17. The van der Waals surface area contributed by atoms with Gasteiger partial charge in [-0.25, -0.2) is 4.79 Å². The predicted molar refractivity (Wildman–Crippen MR) is 103 cm³/mol. The first-order valence-corrected chi connectivity index (χ1v) is 9.11. The van der Waals surface area contributed by atoms with Gasteiger partial charge in [0.2, 0.25) is 0 Å². The summed E-state index contributed by atoms with van der Waals surface area (Å²) in [7, 11) is 0. The summed E-state index contributed by atoms with van der Waals surface area (Å²) < 4.78 is 48.2. The van der Waals surface area contributed by atoms with Gasteiger partial charge in [-0.05, 0) is 55.8 Å². The molecule has 1 atom stereocenters. The standard InChI is InChI=1S/C21H22F3NO5/c1-13(2)30-18(20(27)28)11-14-4-3-5-16(10-14)25-19(26)12-29-17-8-6-15(7-9-17)21(22,23)24/h3-10,13,18H,11-12H2,1-2H3,(H,25,26)(H,27,28). The number of ether oxygens (including phenoxy) is 2. The van der Waals surface area contributed by atoms with Gasteiger partial charge in [0.1, 0.15) is 5.75 Å². The summed E-state index contributed by atoms with van der Waals surface area (Å²) >= 11 is 0. The van der Waals surface area contributed by atoms with Crippen LogP contribution in [0.15, 0.2) is 48.5 Å². The summed E-state index contributed by atoms with van der Waals surface area (Å²) in [6.45, 7) is 3.08. The molecule has 0 radical (unpaired) electrons. The van der Waals surface area contributed by atoms with E-state index in [1.54, 1.807) is 38.1 Å². The lowest BCUT2D eigenvalue weighted by molar-refractivity contribution is -0.153. The highest BCUT2D eigenvalue weighted by Gasteiger charge is 2.30. The highest BCUT2D eigenvalue weighted by Crippen LogP contribution is 2.30. The molecule has 1 amide bonds. The van der Waals surface area contributed by atoms with Gasteiger partial charge in [0.05, 0.1) is 11.7 Å². The van der Waals surface area contributed by atoms with Gasteiger partial charge in [0.15, 0.2) is 12.7 Å². The third kappa shape index (κ3) is 7.40. The second-order valence-corrected chi connectivity index (χ2v) is 6.78. The Morgan fingerprint density at radius 3 is 2.33 bits per heavy atom. The summed E-state index contributed by atoms with van der Waals surface area (Å²) in [5.74, 6) is -1.47. The van der Waals surface area contributed by atoms with Crippen molar-refractivity contribution in [2.45, 2.75) is 38.7 Å². The highest BCUT2D eigenvalue weighted by atomic mass is 19.4. The van der Waals surface area contributed by atoms with Crippen LogP contribution in [-0.2, 0) is 26.9 Å². The predicted octanol–water partition coefficient (Wildman–Crippen LogP) is 4.14. The number of hydrogen-bond donors (Lipinski definition) is 2. The van der Waals surface area contributed by atoms with Crippen molar-refractivity contribution < 1.29 is 37.3 Å². The number of rotatable bonds is 9. The molecule has 0 bridgehead atoms. The van der Waals surface area contributed by atoms with E-state index in [2.05, 4.69) is 5.32 Å². The maximum Gasteiger partial charge on any atom is 0.416 e. The zero-order chi connectivity index (χ0) is 22.3. The largest absolute Gasteiger partial charge is 0.484 e.